The number of aromatic nitrogens is 1. The quantitative estimate of drug-likeness (QED) is 0.732. The van der Waals surface area contributed by atoms with E-state index in [0.717, 1.165) is 6.42 Å². The molecule has 2 nitrogen and oxygen atoms in total. The Morgan fingerprint density at radius 3 is 2.58 bits per heavy atom. The van der Waals surface area contributed by atoms with Gasteiger partial charge in [0.15, 0.2) is 0 Å². The lowest BCUT2D eigenvalue weighted by atomic mass is 9.98. The molecule has 0 aliphatic carbocycles. The monoisotopic (exact) mass is 250 g/mol. The second-order valence-corrected chi connectivity index (χ2v) is 4.90. The smallest absolute Gasteiger partial charge is 0.0536 e. The summed E-state index contributed by atoms with van der Waals surface area (Å²) in [6.45, 7) is 2.83. The molecule has 0 aliphatic heterocycles. The van der Waals surface area contributed by atoms with Gasteiger partial charge in [0, 0.05) is 17.1 Å². The molecule has 0 saturated heterocycles. The summed E-state index contributed by atoms with van der Waals surface area (Å²) in [5.74, 6) is 0. The number of fused-ring (bicyclic) bond motifs is 1. The standard InChI is InChI=1S/C17H18N2/c1-12-5-2-3-6-14(12)16-8-4-7-15-13(9-10-18)11-19-17(15)16/h2-8,11,19H,9-10,18H2,1H3. The van der Waals surface area contributed by atoms with E-state index in [0.29, 0.717) is 6.54 Å². The van der Waals surface area contributed by atoms with Crippen molar-refractivity contribution in [3.8, 4) is 11.1 Å². The molecule has 0 bridgehead atoms. The van der Waals surface area contributed by atoms with Crippen LogP contribution in [0, 0.1) is 6.92 Å². The Balaban J connectivity index is 2.23. The van der Waals surface area contributed by atoms with Crippen LogP contribution in [0.2, 0.25) is 0 Å². The third kappa shape index (κ3) is 2.04. The van der Waals surface area contributed by atoms with E-state index < -0.39 is 0 Å². The molecule has 1 aromatic heterocycles. The molecule has 1 heterocycles. The van der Waals surface area contributed by atoms with Gasteiger partial charge in [-0.2, -0.15) is 0 Å². The fourth-order valence-corrected chi connectivity index (χ4v) is 2.67. The second kappa shape index (κ2) is 4.90. The molecule has 2 aromatic carbocycles. The lowest BCUT2D eigenvalue weighted by Gasteiger charge is -2.07. The fourth-order valence-electron chi connectivity index (χ4n) is 2.67. The molecule has 0 saturated carbocycles. The Morgan fingerprint density at radius 2 is 1.79 bits per heavy atom. The summed E-state index contributed by atoms with van der Waals surface area (Å²) in [4.78, 5) is 3.41. The molecule has 3 rings (SSSR count). The minimum Gasteiger partial charge on any atom is -0.360 e. The summed E-state index contributed by atoms with van der Waals surface area (Å²) < 4.78 is 0. The van der Waals surface area contributed by atoms with E-state index in [9.17, 15) is 0 Å². The molecule has 19 heavy (non-hydrogen) atoms. The maximum absolute atomic E-state index is 5.67. The molecule has 0 fully saturated rings. The van der Waals surface area contributed by atoms with Crippen LogP contribution in [0.25, 0.3) is 22.0 Å². The SMILES string of the molecule is Cc1ccccc1-c1cccc2c(CCN)c[nH]c12. The number of rotatable bonds is 3. The Kier molecular flexibility index (Phi) is 3.10. The van der Waals surface area contributed by atoms with Gasteiger partial charge in [0.1, 0.15) is 0 Å². The number of para-hydroxylation sites is 1. The Hall–Kier alpha value is -2.06. The average Bonchev–Trinajstić information content (AvgIpc) is 2.83. The van der Waals surface area contributed by atoms with Crippen molar-refractivity contribution in [2.75, 3.05) is 6.54 Å². The zero-order valence-corrected chi connectivity index (χ0v) is 11.1. The highest BCUT2D eigenvalue weighted by Gasteiger charge is 2.09. The van der Waals surface area contributed by atoms with Crippen LogP contribution in [-0.2, 0) is 6.42 Å². The van der Waals surface area contributed by atoms with Crippen LogP contribution < -0.4 is 5.73 Å². The van der Waals surface area contributed by atoms with Gasteiger partial charge in [-0.3, -0.25) is 0 Å². The van der Waals surface area contributed by atoms with Crippen molar-refractivity contribution < 1.29 is 0 Å². The molecule has 3 aromatic rings. The van der Waals surface area contributed by atoms with Gasteiger partial charge in [-0.05, 0) is 36.6 Å². The van der Waals surface area contributed by atoms with E-state index in [1.165, 1.54) is 33.2 Å². The number of benzene rings is 2. The van der Waals surface area contributed by atoms with Crippen LogP contribution in [-0.4, -0.2) is 11.5 Å². The van der Waals surface area contributed by atoms with Crippen LogP contribution in [0.5, 0.6) is 0 Å². The molecule has 0 amide bonds. The fraction of sp³-hybridized carbons (Fsp3) is 0.176. The number of H-pyrrole nitrogens is 1. The molecule has 2 heteroatoms. The Bertz CT molecular complexity index is 710. The first-order chi connectivity index (χ1) is 9.31. The van der Waals surface area contributed by atoms with Crippen molar-refractivity contribution in [1.29, 1.82) is 0 Å². The number of hydrogen-bond acceptors (Lipinski definition) is 1. The summed E-state index contributed by atoms with van der Waals surface area (Å²) in [5, 5.41) is 1.28. The summed E-state index contributed by atoms with van der Waals surface area (Å²) >= 11 is 0. The van der Waals surface area contributed by atoms with E-state index in [4.69, 9.17) is 5.73 Å². The molecule has 96 valence electrons. The molecule has 0 atom stereocenters. The summed E-state index contributed by atoms with van der Waals surface area (Å²) in [6.07, 6.45) is 3.00. The normalized spacial score (nSPS) is 11.1. The predicted octanol–water partition coefficient (Wildman–Crippen LogP) is 3.64. The molecular weight excluding hydrogens is 232 g/mol. The molecular formula is C17H18N2. The summed E-state index contributed by atoms with van der Waals surface area (Å²) in [5.41, 5.74) is 12.0. The molecule has 0 aliphatic rings. The number of hydrogen-bond donors (Lipinski definition) is 2. The first-order valence-corrected chi connectivity index (χ1v) is 6.66. The zero-order valence-electron chi connectivity index (χ0n) is 11.1. The largest absolute Gasteiger partial charge is 0.360 e. The first-order valence-electron chi connectivity index (χ1n) is 6.66. The van der Waals surface area contributed by atoms with Gasteiger partial charge in [0.25, 0.3) is 0 Å². The third-order valence-corrected chi connectivity index (χ3v) is 3.65. The van der Waals surface area contributed by atoms with Crippen molar-refractivity contribution in [2.45, 2.75) is 13.3 Å². The van der Waals surface area contributed by atoms with Crippen LogP contribution in [0.4, 0.5) is 0 Å². The third-order valence-electron chi connectivity index (χ3n) is 3.65. The number of nitrogens with two attached hydrogens (primary N) is 1. The maximum atomic E-state index is 5.67. The molecule has 3 N–H and O–H groups in total. The molecule has 0 radical (unpaired) electrons. The van der Waals surface area contributed by atoms with Crippen LogP contribution >= 0.6 is 0 Å². The van der Waals surface area contributed by atoms with Crippen molar-refractivity contribution >= 4 is 10.9 Å². The molecule has 0 unspecified atom stereocenters. The van der Waals surface area contributed by atoms with Crippen molar-refractivity contribution in [2.24, 2.45) is 5.73 Å². The van der Waals surface area contributed by atoms with Gasteiger partial charge < -0.3 is 10.7 Å². The van der Waals surface area contributed by atoms with Crippen molar-refractivity contribution in [3.05, 3.63) is 59.8 Å². The van der Waals surface area contributed by atoms with Gasteiger partial charge in [0.05, 0.1) is 5.52 Å². The van der Waals surface area contributed by atoms with Crippen molar-refractivity contribution in [1.82, 2.24) is 4.98 Å². The van der Waals surface area contributed by atoms with Gasteiger partial charge in [0.2, 0.25) is 0 Å². The lowest BCUT2D eigenvalue weighted by Crippen LogP contribution is -2.01. The van der Waals surface area contributed by atoms with E-state index in [1.807, 2.05) is 0 Å². The zero-order chi connectivity index (χ0) is 13.2. The van der Waals surface area contributed by atoms with Crippen LogP contribution in [0.3, 0.4) is 0 Å². The van der Waals surface area contributed by atoms with Gasteiger partial charge in [-0.1, -0.05) is 42.5 Å². The lowest BCUT2D eigenvalue weighted by molar-refractivity contribution is 0.976. The highest BCUT2D eigenvalue weighted by Crippen LogP contribution is 2.31. The van der Waals surface area contributed by atoms with E-state index in [2.05, 4.69) is 60.6 Å². The van der Waals surface area contributed by atoms with Crippen molar-refractivity contribution in [3.63, 3.8) is 0 Å². The Morgan fingerprint density at radius 1 is 1.00 bits per heavy atom. The van der Waals surface area contributed by atoms with Crippen LogP contribution in [0.15, 0.2) is 48.7 Å². The van der Waals surface area contributed by atoms with Crippen LogP contribution in [0.1, 0.15) is 11.1 Å². The van der Waals surface area contributed by atoms with Gasteiger partial charge in [-0.15, -0.1) is 0 Å². The highest BCUT2D eigenvalue weighted by molar-refractivity contribution is 5.96. The minimum absolute atomic E-state index is 0.682. The van der Waals surface area contributed by atoms with E-state index >= 15 is 0 Å². The van der Waals surface area contributed by atoms with E-state index in [1.54, 1.807) is 0 Å². The number of aryl methyl sites for hydroxylation is 1. The van der Waals surface area contributed by atoms with Gasteiger partial charge in [-0.25, -0.2) is 0 Å². The summed E-state index contributed by atoms with van der Waals surface area (Å²) in [7, 11) is 0. The summed E-state index contributed by atoms with van der Waals surface area (Å²) in [6, 6.07) is 15.0. The molecule has 0 spiro atoms. The number of aromatic amines is 1. The predicted molar refractivity (Wildman–Crippen MR) is 81.2 cm³/mol. The highest BCUT2D eigenvalue weighted by atomic mass is 14.7. The minimum atomic E-state index is 0.682. The second-order valence-electron chi connectivity index (χ2n) is 4.90. The number of nitrogens with one attached hydrogen (secondary N) is 1. The Labute approximate surface area is 113 Å². The first kappa shape index (κ1) is 12.0. The maximum Gasteiger partial charge on any atom is 0.0536 e. The van der Waals surface area contributed by atoms with E-state index in [-0.39, 0.29) is 0 Å². The average molecular weight is 250 g/mol. The topological polar surface area (TPSA) is 41.8 Å². The van der Waals surface area contributed by atoms with Gasteiger partial charge >= 0.3 is 0 Å².